The molecule has 10 heteroatoms. The van der Waals surface area contributed by atoms with Gasteiger partial charge in [-0.05, 0) is 61.3 Å². The standard InChI is InChI=1S/C26H27ClF3N3O2S/c1-18-10-12-25(2,13-11-18)36-24(31-21-8-9-23(27)22(16-21)26(28,29)30)33(14-15-35-3)17-19-4-6-20(32-34)7-5-19/h4-12,16H,13-15,17H2,1-3H3. The molecule has 1 aliphatic carbocycles. The number of hydrogen-bond acceptors (Lipinski definition) is 5. The average Bonchev–Trinajstić information content (AvgIpc) is 2.84. The van der Waals surface area contributed by atoms with Crippen LogP contribution in [0.25, 0.3) is 0 Å². The quantitative estimate of drug-likeness (QED) is 0.193. The van der Waals surface area contributed by atoms with Crippen molar-refractivity contribution in [2.75, 3.05) is 20.3 Å². The summed E-state index contributed by atoms with van der Waals surface area (Å²) in [5, 5.41) is 3.10. The van der Waals surface area contributed by atoms with Crippen LogP contribution in [0.2, 0.25) is 5.02 Å². The maximum atomic E-state index is 13.5. The van der Waals surface area contributed by atoms with E-state index in [2.05, 4.69) is 29.2 Å². The monoisotopic (exact) mass is 537 g/mol. The third kappa shape index (κ3) is 7.69. The number of aliphatic imine (C=N–C) groups is 1. The molecule has 1 unspecified atom stereocenters. The molecular formula is C26H27ClF3N3O2S. The second kappa shape index (κ2) is 12.1. The van der Waals surface area contributed by atoms with Crippen molar-refractivity contribution >= 4 is 39.9 Å². The minimum Gasteiger partial charge on any atom is -0.383 e. The smallest absolute Gasteiger partial charge is 0.383 e. The summed E-state index contributed by atoms with van der Waals surface area (Å²) in [6.45, 7) is 5.32. The largest absolute Gasteiger partial charge is 0.417 e. The van der Waals surface area contributed by atoms with Crippen molar-refractivity contribution in [1.82, 2.24) is 4.90 Å². The molecule has 0 spiro atoms. The molecule has 0 N–H and O–H groups in total. The number of amidine groups is 1. The van der Waals surface area contributed by atoms with Gasteiger partial charge in [0.1, 0.15) is 5.69 Å². The molecule has 0 saturated heterocycles. The number of nitroso groups, excluding NO2 is 1. The number of thioether (sulfide) groups is 1. The van der Waals surface area contributed by atoms with Crippen LogP contribution in [0.5, 0.6) is 0 Å². The number of halogens is 4. The fourth-order valence-corrected chi connectivity index (χ4v) is 4.87. The highest BCUT2D eigenvalue weighted by Crippen LogP contribution is 2.40. The van der Waals surface area contributed by atoms with E-state index in [-0.39, 0.29) is 15.5 Å². The van der Waals surface area contributed by atoms with Crippen LogP contribution in [0, 0.1) is 4.91 Å². The Balaban J connectivity index is 2.04. The lowest BCUT2D eigenvalue weighted by atomic mass is 9.98. The molecule has 0 aromatic heterocycles. The summed E-state index contributed by atoms with van der Waals surface area (Å²) in [5.74, 6) is 0. The normalized spacial score (nSPS) is 18.2. The van der Waals surface area contributed by atoms with Crippen LogP contribution >= 0.6 is 23.4 Å². The first-order chi connectivity index (χ1) is 17.0. The molecule has 0 radical (unpaired) electrons. The second-order valence-electron chi connectivity index (χ2n) is 8.63. The van der Waals surface area contributed by atoms with E-state index in [1.165, 1.54) is 23.9 Å². The number of nitrogens with zero attached hydrogens (tertiary/aromatic N) is 3. The molecule has 36 heavy (non-hydrogen) atoms. The second-order valence-corrected chi connectivity index (χ2v) is 10.5. The Morgan fingerprint density at radius 3 is 2.47 bits per heavy atom. The van der Waals surface area contributed by atoms with Crippen molar-refractivity contribution in [1.29, 1.82) is 0 Å². The summed E-state index contributed by atoms with van der Waals surface area (Å²) in [4.78, 5) is 17.4. The van der Waals surface area contributed by atoms with Crippen molar-refractivity contribution in [3.63, 3.8) is 0 Å². The summed E-state index contributed by atoms with van der Waals surface area (Å²) in [5.41, 5.74) is 1.57. The molecule has 5 nitrogen and oxygen atoms in total. The van der Waals surface area contributed by atoms with E-state index >= 15 is 0 Å². The van der Waals surface area contributed by atoms with Gasteiger partial charge < -0.3 is 9.64 Å². The number of benzene rings is 2. The average molecular weight is 538 g/mol. The number of allylic oxidation sites excluding steroid dienone is 3. The number of hydrogen-bond donors (Lipinski definition) is 0. The van der Waals surface area contributed by atoms with Gasteiger partial charge >= 0.3 is 6.18 Å². The molecule has 0 amide bonds. The van der Waals surface area contributed by atoms with E-state index in [1.807, 2.05) is 17.9 Å². The van der Waals surface area contributed by atoms with Crippen LogP contribution < -0.4 is 0 Å². The predicted octanol–water partition coefficient (Wildman–Crippen LogP) is 8.29. The van der Waals surface area contributed by atoms with Gasteiger partial charge in [0.2, 0.25) is 0 Å². The summed E-state index contributed by atoms with van der Waals surface area (Å²) in [7, 11) is 1.58. The molecule has 3 rings (SSSR count). The van der Waals surface area contributed by atoms with Crippen LogP contribution in [0.15, 0.2) is 76.4 Å². The summed E-state index contributed by atoms with van der Waals surface area (Å²) in [6, 6.07) is 10.5. The van der Waals surface area contributed by atoms with Crippen LogP contribution in [0.3, 0.4) is 0 Å². The minimum atomic E-state index is -4.60. The SMILES string of the molecule is COCCN(Cc1ccc(N=O)cc1)C(=Nc1ccc(Cl)c(C(F)(F)F)c1)SC1(C)C=CC(C)=CC1. The molecule has 0 saturated carbocycles. The molecule has 1 atom stereocenters. The highest BCUT2D eigenvalue weighted by atomic mass is 35.5. The van der Waals surface area contributed by atoms with Gasteiger partial charge in [-0.25, -0.2) is 4.99 Å². The summed E-state index contributed by atoms with van der Waals surface area (Å²) in [6.07, 6.45) is 2.39. The molecule has 0 heterocycles. The molecule has 2 aromatic rings. The zero-order valence-corrected chi connectivity index (χ0v) is 21.8. The Kier molecular flexibility index (Phi) is 9.38. The molecule has 0 aliphatic heterocycles. The highest BCUT2D eigenvalue weighted by Gasteiger charge is 2.34. The molecule has 0 fully saturated rings. The number of ether oxygens (including phenoxy) is 1. The molecule has 0 bridgehead atoms. The van der Waals surface area contributed by atoms with E-state index in [0.29, 0.717) is 30.6 Å². The summed E-state index contributed by atoms with van der Waals surface area (Å²) >= 11 is 7.30. The first-order valence-corrected chi connectivity index (χ1v) is 12.4. The lowest BCUT2D eigenvalue weighted by Crippen LogP contribution is -2.35. The van der Waals surface area contributed by atoms with Crippen LogP contribution in [-0.2, 0) is 17.5 Å². The van der Waals surface area contributed by atoms with Crippen molar-refractivity contribution in [2.24, 2.45) is 10.2 Å². The van der Waals surface area contributed by atoms with E-state index in [0.717, 1.165) is 23.6 Å². The number of rotatable bonds is 8. The zero-order chi connectivity index (χ0) is 26.3. The van der Waals surface area contributed by atoms with Gasteiger partial charge in [0, 0.05) is 24.9 Å². The maximum absolute atomic E-state index is 13.5. The van der Waals surface area contributed by atoms with Gasteiger partial charge in [-0.15, -0.1) is 4.91 Å². The van der Waals surface area contributed by atoms with Crippen LogP contribution in [-0.4, -0.2) is 35.1 Å². The van der Waals surface area contributed by atoms with E-state index in [4.69, 9.17) is 16.3 Å². The van der Waals surface area contributed by atoms with Crippen molar-refractivity contribution in [2.45, 2.75) is 37.7 Å². The van der Waals surface area contributed by atoms with Gasteiger partial charge in [-0.1, -0.05) is 59.3 Å². The Morgan fingerprint density at radius 1 is 1.19 bits per heavy atom. The fourth-order valence-electron chi connectivity index (χ4n) is 3.49. The number of alkyl halides is 3. The molecule has 1 aliphatic rings. The van der Waals surface area contributed by atoms with Crippen molar-refractivity contribution in [3.8, 4) is 0 Å². The van der Waals surface area contributed by atoms with Gasteiger partial charge in [-0.3, -0.25) is 0 Å². The fraction of sp³-hybridized carbons (Fsp3) is 0.346. The van der Waals surface area contributed by atoms with Gasteiger partial charge in [0.15, 0.2) is 5.17 Å². The Hall–Kier alpha value is -2.62. The first kappa shape index (κ1) is 28.0. The molecule has 2 aromatic carbocycles. The Labute approximate surface area is 218 Å². The van der Waals surface area contributed by atoms with E-state index in [1.54, 1.807) is 31.4 Å². The van der Waals surface area contributed by atoms with Crippen molar-refractivity contribution < 1.29 is 17.9 Å². The van der Waals surface area contributed by atoms with Gasteiger partial charge in [0.05, 0.1) is 22.9 Å². The lowest BCUT2D eigenvalue weighted by molar-refractivity contribution is -0.137. The minimum absolute atomic E-state index is 0.146. The van der Waals surface area contributed by atoms with Crippen molar-refractivity contribution in [3.05, 3.63) is 87.3 Å². The molecule has 192 valence electrons. The summed E-state index contributed by atoms with van der Waals surface area (Å²) < 4.78 is 45.5. The van der Waals surface area contributed by atoms with Gasteiger partial charge in [-0.2, -0.15) is 13.2 Å². The first-order valence-electron chi connectivity index (χ1n) is 11.2. The van der Waals surface area contributed by atoms with Crippen LogP contribution in [0.4, 0.5) is 24.5 Å². The third-order valence-electron chi connectivity index (χ3n) is 5.58. The zero-order valence-electron chi connectivity index (χ0n) is 20.2. The predicted molar refractivity (Wildman–Crippen MR) is 141 cm³/mol. The Morgan fingerprint density at radius 2 is 1.89 bits per heavy atom. The van der Waals surface area contributed by atoms with Crippen LogP contribution in [0.1, 0.15) is 31.4 Å². The Bertz CT molecular complexity index is 1170. The van der Waals surface area contributed by atoms with E-state index in [9.17, 15) is 18.1 Å². The number of methoxy groups -OCH3 is 1. The van der Waals surface area contributed by atoms with E-state index < -0.39 is 11.7 Å². The third-order valence-corrected chi connectivity index (χ3v) is 7.21. The molecular weight excluding hydrogens is 511 g/mol. The lowest BCUT2D eigenvalue weighted by Gasteiger charge is -2.33. The topological polar surface area (TPSA) is 54.3 Å². The van der Waals surface area contributed by atoms with Gasteiger partial charge in [0.25, 0.3) is 0 Å². The maximum Gasteiger partial charge on any atom is 0.417 e. The highest BCUT2D eigenvalue weighted by molar-refractivity contribution is 8.15.